The van der Waals surface area contributed by atoms with Crippen LogP contribution in [0.5, 0.6) is 5.75 Å². The molecule has 0 bridgehead atoms. The summed E-state index contributed by atoms with van der Waals surface area (Å²) >= 11 is 0. The van der Waals surface area contributed by atoms with Crippen LogP contribution in [0.4, 0.5) is 0 Å². The van der Waals surface area contributed by atoms with Gasteiger partial charge in [0.25, 0.3) is 5.91 Å². The number of aliphatic carboxylic acids is 1. The van der Waals surface area contributed by atoms with Crippen molar-refractivity contribution in [1.29, 1.82) is 0 Å². The number of carbonyl (C=O) groups excluding carboxylic acids is 3. The number of allylic oxidation sites excluding steroid dienone is 1. The first kappa shape index (κ1) is 31.1. The summed E-state index contributed by atoms with van der Waals surface area (Å²) in [6.07, 6.45) is 4.59. The van der Waals surface area contributed by atoms with Gasteiger partial charge < -0.3 is 25.3 Å². The number of hydrogen-bond acceptors (Lipinski definition) is 6. The normalized spacial score (nSPS) is 11.7. The van der Waals surface area contributed by atoms with E-state index < -0.39 is 36.3 Å². The Bertz CT molecular complexity index is 1970. The molecule has 4 aromatic carbocycles. The Hall–Kier alpha value is -6.29. The average molecular weight is 617 g/mol. The minimum Gasteiger partial charge on any atom is -0.484 e. The number of ketones is 2. The number of amides is 1. The van der Waals surface area contributed by atoms with Crippen LogP contribution in [0.3, 0.4) is 0 Å². The molecule has 0 unspecified atom stereocenters. The van der Waals surface area contributed by atoms with E-state index >= 15 is 0 Å². The summed E-state index contributed by atoms with van der Waals surface area (Å²) in [4.78, 5) is 65.4. The Kier molecular flexibility index (Phi) is 9.48. The average Bonchev–Trinajstić information content (AvgIpc) is 3.51. The zero-order valence-electron chi connectivity index (χ0n) is 24.3. The van der Waals surface area contributed by atoms with Crippen molar-refractivity contribution in [3.05, 3.63) is 143 Å². The number of H-pyrrole nitrogens is 1. The summed E-state index contributed by atoms with van der Waals surface area (Å²) in [6, 6.07) is 24.8. The fraction of sp³-hybridized carbons (Fsp3) is 0.0833. The molecule has 5 aromatic rings. The van der Waals surface area contributed by atoms with Gasteiger partial charge in [0.2, 0.25) is 0 Å². The maximum atomic E-state index is 13.3. The van der Waals surface area contributed by atoms with Gasteiger partial charge in [-0.25, -0.2) is 9.59 Å². The second-order valence-electron chi connectivity index (χ2n) is 10.3. The van der Waals surface area contributed by atoms with E-state index in [1.807, 2.05) is 24.3 Å². The second kappa shape index (κ2) is 14.0. The third-order valence-electron chi connectivity index (χ3n) is 7.25. The molecule has 10 heteroatoms. The summed E-state index contributed by atoms with van der Waals surface area (Å²) in [5.74, 6) is -3.65. The van der Waals surface area contributed by atoms with Crippen LogP contribution in [0.25, 0.3) is 17.0 Å². The van der Waals surface area contributed by atoms with Crippen molar-refractivity contribution in [2.24, 2.45) is 0 Å². The van der Waals surface area contributed by atoms with Crippen LogP contribution in [-0.4, -0.2) is 57.3 Å². The van der Waals surface area contributed by atoms with Crippen molar-refractivity contribution >= 4 is 46.4 Å². The fourth-order valence-corrected chi connectivity index (χ4v) is 4.95. The third-order valence-corrected chi connectivity index (χ3v) is 7.25. The lowest BCUT2D eigenvalue weighted by Gasteiger charge is -2.17. The van der Waals surface area contributed by atoms with Gasteiger partial charge in [0, 0.05) is 40.2 Å². The van der Waals surface area contributed by atoms with Crippen molar-refractivity contribution in [1.82, 2.24) is 10.3 Å². The Morgan fingerprint density at radius 2 is 1.41 bits per heavy atom. The molecule has 4 N–H and O–H groups in total. The summed E-state index contributed by atoms with van der Waals surface area (Å²) in [7, 11) is 0. The zero-order chi connectivity index (χ0) is 32.6. The zero-order valence-corrected chi connectivity index (χ0v) is 24.3. The molecule has 1 atom stereocenters. The maximum Gasteiger partial charge on any atom is 0.336 e. The van der Waals surface area contributed by atoms with Gasteiger partial charge in [-0.1, -0.05) is 78.9 Å². The Morgan fingerprint density at radius 3 is 2.13 bits per heavy atom. The Morgan fingerprint density at radius 1 is 0.761 bits per heavy atom. The van der Waals surface area contributed by atoms with Gasteiger partial charge >= 0.3 is 11.9 Å². The second-order valence-corrected chi connectivity index (χ2v) is 10.3. The van der Waals surface area contributed by atoms with Gasteiger partial charge in [0.05, 0.1) is 5.56 Å². The van der Waals surface area contributed by atoms with Gasteiger partial charge in [-0.05, 0) is 41.5 Å². The van der Waals surface area contributed by atoms with E-state index in [4.69, 9.17) is 4.74 Å². The van der Waals surface area contributed by atoms with E-state index in [0.717, 1.165) is 16.5 Å². The van der Waals surface area contributed by atoms with Crippen LogP contribution in [0, 0.1) is 0 Å². The van der Waals surface area contributed by atoms with Crippen LogP contribution in [0.15, 0.2) is 109 Å². The Balaban J connectivity index is 1.19. The number of hydrogen-bond donors (Lipinski definition) is 4. The Labute approximate surface area is 263 Å². The minimum absolute atomic E-state index is 0.0332. The first-order valence-electron chi connectivity index (χ1n) is 14.2. The van der Waals surface area contributed by atoms with E-state index in [2.05, 4.69) is 10.3 Å². The third kappa shape index (κ3) is 7.25. The lowest BCUT2D eigenvalue weighted by Crippen LogP contribution is -2.44. The lowest BCUT2D eigenvalue weighted by molar-refractivity contribution is -0.142. The summed E-state index contributed by atoms with van der Waals surface area (Å²) in [5.41, 5.74) is 2.42. The largest absolute Gasteiger partial charge is 0.484 e. The van der Waals surface area contributed by atoms with Crippen LogP contribution in [0.1, 0.15) is 47.8 Å². The van der Waals surface area contributed by atoms with Crippen molar-refractivity contribution in [2.45, 2.75) is 12.5 Å². The van der Waals surface area contributed by atoms with Gasteiger partial charge in [0.1, 0.15) is 11.8 Å². The number of rotatable bonds is 13. The van der Waals surface area contributed by atoms with Crippen LogP contribution in [0.2, 0.25) is 0 Å². The highest BCUT2D eigenvalue weighted by Crippen LogP contribution is 2.21. The van der Waals surface area contributed by atoms with Gasteiger partial charge in [-0.3, -0.25) is 14.4 Å². The molecule has 46 heavy (non-hydrogen) atoms. The molecule has 0 spiro atoms. The monoisotopic (exact) mass is 616 g/mol. The van der Waals surface area contributed by atoms with Gasteiger partial charge in [0.15, 0.2) is 18.2 Å². The minimum atomic E-state index is -1.39. The highest BCUT2D eigenvalue weighted by Gasteiger charge is 2.25. The topological polar surface area (TPSA) is 163 Å². The number of nitrogens with one attached hydrogen (secondary N) is 2. The van der Waals surface area contributed by atoms with Crippen molar-refractivity contribution in [2.75, 3.05) is 6.61 Å². The van der Waals surface area contributed by atoms with Gasteiger partial charge in [-0.15, -0.1) is 0 Å². The van der Waals surface area contributed by atoms with E-state index in [9.17, 15) is 34.2 Å². The number of carboxylic acids is 2. The number of ether oxygens (including phenoxy) is 1. The number of aromatic carboxylic acids is 1. The first-order chi connectivity index (χ1) is 22.2. The number of aromatic nitrogens is 1. The lowest BCUT2D eigenvalue weighted by atomic mass is 9.92. The molecule has 230 valence electrons. The molecule has 1 aromatic heterocycles. The summed E-state index contributed by atoms with van der Waals surface area (Å²) in [5, 5.41) is 22.6. The summed E-state index contributed by atoms with van der Waals surface area (Å²) in [6.45, 7) is -0.468. The van der Waals surface area contributed by atoms with Crippen LogP contribution >= 0.6 is 0 Å². The first-order valence-corrected chi connectivity index (χ1v) is 14.2. The molecule has 0 saturated carbocycles. The molecule has 5 rings (SSSR count). The molecular weight excluding hydrogens is 588 g/mol. The molecule has 1 amide bonds. The number of carbonyl (C=O) groups is 5. The maximum absolute atomic E-state index is 13.3. The molecule has 0 aliphatic carbocycles. The molecule has 0 aliphatic rings. The molecule has 0 saturated heterocycles. The molecule has 1 heterocycles. The standard InChI is InChI=1S/C36H28N2O8/c39-32(29-20-37-30-12-6-5-9-26(29)30)18-15-22-13-16-24(17-14-22)46-21-33(40)38-31(36(44)45)19-23-7-1-2-8-25(23)34(41)27-10-3-4-11-28(27)35(42)43/h1-18,20,31,37H,19,21H2,(H,38,40)(H,42,43)(H,44,45)/b18-15+/t31-/m0/s1. The number of fused-ring (bicyclic) bond motifs is 1. The highest BCUT2D eigenvalue weighted by molar-refractivity contribution is 6.15. The van der Waals surface area contributed by atoms with E-state index in [1.165, 1.54) is 30.3 Å². The summed E-state index contributed by atoms with van der Waals surface area (Å²) < 4.78 is 5.53. The molecule has 0 aliphatic heterocycles. The quantitative estimate of drug-likeness (QED) is 0.104. The van der Waals surface area contributed by atoms with Gasteiger partial charge in [-0.2, -0.15) is 0 Å². The van der Waals surface area contributed by atoms with E-state index in [1.54, 1.807) is 60.8 Å². The van der Waals surface area contributed by atoms with Crippen LogP contribution in [-0.2, 0) is 16.0 Å². The molecule has 0 fully saturated rings. The predicted molar refractivity (Wildman–Crippen MR) is 170 cm³/mol. The number of carboxylic acid groups (broad SMARTS) is 2. The smallest absolute Gasteiger partial charge is 0.336 e. The molecule has 0 radical (unpaired) electrons. The fourth-order valence-electron chi connectivity index (χ4n) is 4.95. The van der Waals surface area contributed by atoms with Crippen molar-refractivity contribution in [3.63, 3.8) is 0 Å². The highest BCUT2D eigenvalue weighted by atomic mass is 16.5. The van der Waals surface area contributed by atoms with Crippen LogP contribution < -0.4 is 10.1 Å². The van der Waals surface area contributed by atoms with E-state index in [0.29, 0.717) is 16.9 Å². The number of aromatic amines is 1. The predicted octanol–water partition coefficient (Wildman–Crippen LogP) is 5.18. The number of benzene rings is 4. The van der Waals surface area contributed by atoms with Crippen molar-refractivity contribution < 1.29 is 38.9 Å². The molecule has 10 nitrogen and oxygen atoms in total. The van der Waals surface area contributed by atoms with Crippen molar-refractivity contribution in [3.8, 4) is 5.75 Å². The van der Waals surface area contributed by atoms with E-state index in [-0.39, 0.29) is 28.9 Å². The molecular formula is C36H28N2O8. The number of para-hydroxylation sites is 1. The SMILES string of the molecule is O=C(COc1ccc(/C=C/C(=O)c2c[nH]c3ccccc23)cc1)N[C@@H](Cc1ccccc1C(=O)c1ccccc1C(=O)O)C(=O)O.